The number of hydrogen-bond donors (Lipinski definition) is 1. The average Bonchev–Trinajstić information content (AvgIpc) is 2.67. The summed E-state index contributed by atoms with van der Waals surface area (Å²) in [6, 6.07) is 12.2. The van der Waals surface area contributed by atoms with Crippen LogP contribution in [0.2, 0.25) is 0 Å². The fourth-order valence-corrected chi connectivity index (χ4v) is 3.15. The number of halogens is 1. The number of hydrogen-bond acceptors (Lipinski definition) is 5. The van der Waals surface area contributed by atoms with Crippen molar-refractivity contribution in [3.63, 3.8) is 0 Å². The molecule has 0 aliphatic heterocycles. The Hall–Kier alpha value is -3.00. The fraction of sp³-hybridized carbons (Fsp3) is 0.273. The van der Waals surface area contributed by atoms with E-state index in [1.165, 1.54) is 17.8 Å². The highest BCUT2D eigenvalue weighted by atomic mass is 79.9. The summed E-state index contributed by atoms with van der Waals surface area (Å²) in [4.78, 5) is 28.8. The predicted molar refractivity (Wildman–Crippen MR) is 120 cm³/mol. The van der Waals surface area contributed by atoms with E-state index in [0.717, 1.165) is 4.47 Å². The van der Waals surface area contributed by atoms with Crippen molar-refractivity contribution < 1.29 is 14.6 Å². The van der Waals surface area contributed by atoms with Crippen molar-refractivity contribution in [2.75, 3.05) is 0 Å². The van der Waals surface area contributed by atoms with E-state index in [1.54, 1.807) is 36.4 Å². The molecule has 0 amide bonds. The van der Waals surface area contributed by atoms with Gasteiger partial charge in [-0.15, -0.1) is 0 Å². The maximum absolute atomic E-state index is 13.2. The SMILES string of the molecule is C[C@H](Oc1cccc(C=Nn2c(C(C)(C)C)nc3ccc(Br)cc3c2=O)c1)C(=O)O. The standard InChI is InChI=1S/C22H22BrN3O4/c1-13(20(28)29)30-16-7-5-6-14(10-16)12-24-26-19(27)17-11-15(23)8-9-18(17)25-21(26)22(2,3)4/h5-13H,1-4H3,(H,28,29)/t13-/m0/s1. The molecule has 1 atom stereocenters. The molecule has 0 radical (unpaired) electrons. The third kappa shape index (κ3) is 4.76. The molecule has 8 heteroatoms. The number of carbonyl (C=O) groups is 1. The molecule has 3 rings (SSSR count). The third-order valence-corrected chi connectivity index (χ3v) is 4.81. The van der Waals surface area contributed by atoms with Crippen molar-refractivity contribution in [2.24, 2.45) is 5.10 Å². The van der Waals surface area contributed by atoms with Gasteiger partial charge in [0.15, 0.2) is 6.10 Å². The first-order valence-corrected chi connectivity index (χ1v) is 10.1. The minimum atomic E-state index is -1.05. The number of benzene rings is 2. The Bertz CT molecular complexity index is 1200. The van der Waals surface area contributed by atoms with Gasteiger partial charge in [-0.1, -0.05) is 48.8 Å². The highest BCUT2D eigenvalue weighted by Crippen LogP contribution is 2.23. The van der Waals surface area contributed by atoms with E-state index in [0.29, 0.717) is 28.0 Å². The van der Waals surface area contributed by atoms with E-state index in [9.17, 15) is 9.59 Å². The van der Waals surface area contributed by atoms with Crippen molar-refractivity contribution in [3.05, 3.63) is 68.7 Å². The molecule has 0 unspecified atom stereocenters. The van der Waals surface area contributed by atoms with Gasteiger partial charge in [0.05, 0.1) is 17.1 Å². The fourth-order valence-electron chi connectivity index (χ4n) is 2.79. The van der Waals surface area contributed by atoms with Gasteiger partial charge in [0.25, 0.3) is 5.56 Å². The number of carboxylic acid groups (broad SMARTS) is 1. The Morgan fingerprint density at radius 2 is 2.00 bits per heavy atom. The number of ether oxygens (including phenoxy) is 1. The van der Waals surface area contributed by atoms with Crippen LogP contribution in [-0.2, 0) is 10.2 Å². The molecule has 0 saturated carbocycles. The summed E-state index contributed by atoms with van der Waals surface area (Å²) in [5.41, 5.74) is 0.581. The minimum absolute atomic E-state index is 0.269. The van der Waals surface area contributed by atoms with E-state index in [1.807, 2.05) is 26.8 Å². The number of aromatic nitrogens is 2. The van der Waals surface area contributed by atoms with Crippen LogP contribution in [0.25, 0.3) is 10.9 Å². The second-order valence-corrected chi connectivity index (χ2v) is 8.79. The summed E-state index contributed by atoms with van der Waals surface area (Å²) < 4.78 is 7.48. The minimum Gasteiger partial charge on any atom is -0.479 e. The molecule has 2 aromatic carbocycles. The number of nitrogens with zero attached hydrogens (tertiary/aromatic N) is 3. The highest BCUT2D eigenvalue weighted by Gasteiger charge is 2.23. The Kier molecular flexibility index (Phi) is 6.07. The first-order valence-electron chi connectivity index (χ1n) is 9.33. The van der Waals surface area contributed by atoms with Gasteiger partial charge in [0, 0.05) is 9.89 Å². The monoisotopic (exact) mass is 471 g/mol. The van der Waals surface area contributed by atoms with Gasteiger partial charge in [-0.25, -0.2) is 9.78 Å². The van der Waals surface area contributed by atoms with E-state index in [2.05, 4.69) is 26.0 Å². The van der Waals surface area contributed by atoms with Crippen LogP contribution in [0.5, 0.6) is 5.75 Å². The molecular formula is C22H22BrN3O4. The number of rotatable bonds is 5. The van der Waals surface area contributed by atoms with E-state index < -0.39 is 17.5 Å². The molecule has 1 N–H and O–H groups in total. The first-order chi connectivity index (χ1) is 14.1. The van der Waals surface area contributed by atoms with Crippen molar-refractivity contribution >= 4 is 39.0 Å². The van der Waals surface area contributed by atoms with E-state index >= 15 is 0 Å². The largest absolute Gasteiger partial charge is 0.479 e. The second-order valence-electron chi connectivity index (χ2n) is 7.88. The van der Waals surface area contributed by atoms with Crippen molar-refractivity contribution in [3.8, 4) is 5.75 Å². The Morgan fingerprint density at radius 3 is 2.67 bits per heavy atom. The van der Waals surface area contributed by atoms with Gasteiger partial charge in [0.2, 0.25) is 0 Å². The molecule has 30 heavy (non-hydrogen) atoms. The topological polar surface area (TPSA) is 93.8 Å². The van der Waals surface area contributed by atoms with Crippen molar-refractivity contribution in [1.29, 1.82) is 0 Å². The zero-order valence-electron chi connectivity index (χ0n) is 17.1. The van der Waals surface area contributed by atoms with Crippen LogP contribution in [0.1, 0.15) is 39.1 Å². The lowest BCUT2D eigenvalue weighted by Gasteiger charge is -2.20. The molecule has 0 aliphatic carbocycles. The van der Waals surface area contributed by atoms with E-state index in [4.69, 9.17) is 9.84 Å². The summed E-state index contributed by atoms with van der Waals surface area (Å²) in [7, 11) is 0. The third-order valence-electron chi connectivity index (χ3n) is 4.32. The van der Waals surface area contributed by atoms with Gasteiger partial charge in [-0.05, 0) is 42.8 Å². The van der Waals surface area contributed by atoms with Crippen LogP contribution in [0.15, 0.2) is 56.8 Å². The summed E-state index contributed by atoms with van der Waals surface area (Å²) in [6.07, 6.45) is 0.552. The average molecular weight is 472 g/mol. The molecule has 0 aliphatic rings. The van der Waals surface area contributed by atoms with Gasteiger partial charge in [-0.2, -0.15) is 9.78 Å². The lowest BCUT2D eigenvalue weighted by Crippen LogP contribution is -2.29. The summed E-state index contributed by atoms with van der Waals surface area (Å²) in [5, 5.41) is 13.9. The predicted octanol–water partition coefficient (Wildman–Crippen LogP) is 4.19. The van der Waals surface area contributed by atoms with Crippen LogP contribution in [-0.4, -0.2) is 33.1 Å². The lowest BCUT2D eigenvalue weighted by atomic mass is 9.95. The molecule has 0 fully saturated rings. The summed E-state index contributed by atoms with van der Waals surface area (Å²) >= 11 is 3.39. The summed E-state index contributed by atoms with van der Waals surface area (Å²) in [6.45, 7) is 7.35. The van der Waals surface area contributed by atoms with Crippen molar-refractivity contribution in [2.45, 2.75) is 39.2 Å². The number of carboxylic acids is 1. The Balaban J connectivity index is 2.07. The molecule has 0 bridgehead atoms. The highest BCUT2D eigenvalue weighted by molar-refractivity contribution is 9.10. The van der Waals surface area contributed by atoms with Crippen LogP contribution in [0.3, 0.4) is 0 Å². The Labute approximate surface area is 182 Å². The molecule has 7 nitrogen and oxygen atoms in total. The van der Waals surface area contributed by atoms with E-state index in [-0.39, 0.29) is 5.56 Å². The van der Waals surface area contributed by atoms with Crippen LogP contribution in [0, 0.1) is 0 Å². The molecule has 1 heterocycles. The first kappa shape index (κ1) is 21.7. The van der Waals surface area contributed by atoms with Crippen molar-refractivity contribution in [1.82, 2.24) is 9.66 Å². The molecule has 0 saturated heterocycles. The molecule has 3 aromatic rings. The molecular weight excluding hydrogens is 450 g/mol. The molecule has 0 spiro atoms. The normalized spacial score (nSPS) is 13.0. The smallest absolute Gasteiger partial charge is 0.344 e. The molecule has 1 aromatic heterocycles. The van der Waals surface area contributed by atoms with Crippen LogP contribution < -0.4 is 10.3 Å². The van der Waals surface area contributed by atoms with Gasteiger partial charge in [0.1, 0.15) is 11.6 Å². The van der Waals surface area contributed by atoms with Gasteiger partial charge < -0.3 is 9.84 Å². The maximum Gasteiger partial charge on any atom is 0.344 e. The zero-order valence-corrected chi connectivity index (χ0v) is 18.7. The zero-order chi connectivity index (χ0) is 22.1. The lowest BCUT2D eigenvalue weighted by molar-refractivity contribution is -0.144. The van der Waals surface area contributed by atoms with Gasteiger partial charge in [-0.3, -0.25) is 4.79 Å². The number of fused-ring (bicyclic) bond motifs is 1. The molecule has 156 valence electrons. The number of aliphatic carboxylic acids is 1. The van der Waals surface area contributed by atoms with Gasteiger partial charge >= 0.3 is 5.97 Å². The Morgan fingerprint density at radius 1 is 1.27 bits per heavy atom. The summed E-state index contributed by atoms with van der Waals surface area (Å²) in [5.74, 6) is -0.118. The van der Waals surface area contributed by atoms with Crippen LogP contribution >= 0.6 is 15.9 Å². The second kappa shape index (κ2) is 8.39. The maximum atomic E-state index is 13.2. The quantitative estimate of drug-likeness (QED) is 0.562. The van der Waals surface area contributed by atoms with Crippen LogP contribution in [0.4, 0.5) is 0 Å².